The smallest absolute Gasteiger partial charge is 0.304 e. The molecule has 2 N–H and O–H groups in total. The summed E-state index contributed by atoms with van der Waals surface area (Å²) in [4.78, 5) is 11.0. The zero-order valence-corrected chi connectivity index (χ0v) is 10.9. The molecule has 4 heteroatoms. The lowest BCUT2D eigenvalue weighted by Crippen LogP contribution is -2.23. The number of hydrogen-bond donors (Lipinski definition) is 2. The van der Waals surface area contributed by atoms with Crippen molar-refractivity contribution in [3.8, 4) is 11.5 Å². The molecule has 0 radical (unpaired) electrons. The maximum atomic E-state index is 11.0. The summed E-state index contributed by atoms with van der Waals surface area (Å²) in [6, 6.07) is 1.82. The van der Waals surface area contributed by atoms with Crippen LogP contribution in [0.15, 0.2) is 6.07 Å². The van der Waals surface area contributed by atoms with E-state index in [1.54, 1.807) is 6.92 Å². The highest BCUT2D eigenvalue weighted by Crippen LogP contribution is 2.44. The number of aromatic hydroxyl groups is 1. The molecule has 0 fully saturated rings. The quantitative estimate of drug-likeness (QED) is 0.864. The van der Waals surface area contributed by atoms with E-state index in [4.69, 9.17) is 9.84 Å². The molecule has 0 bridgehead atoms. The monoisotopic (exact) mass is 250 g/mol. The number of fused-ring (bicyclic) bond motifs is 1. The van der Waals surface area contributed by atoms with E-state index in [1.807, 2.05) is 19.9 Å². The van der Waals surface area contributed by atoms with Crippen LogP contribution in [0.4, 0.5) is 0 Å². The highest BCUT2D eigenvalue weighted by Gasteiger charge is 2.33. The van der Waals surface area contributed by atoms with Crippen LogP contribution in [-0.4, -0.2) is 22.8 Å². The van der Waals surface area contributed by atoms with Gasteiger partial charge in [0.1, 0.15) is 11.5 Å². The summed E-state index contributed by atoms with van der Waals surface area (Å²) < 4.78 is 5.52. The minimum Gasteiger partial charge on any atom is -0.507 e. The van der Waals surface area contributed by atoms with Crippen LogP contribution in [-0.2, 0) is 16.6 Å². The standard InChI is InChI=1S/C14H18O4/c1-8-6-10-9(4-5-18-10)12(13(8)17)14(2,3)7-11(15)16/h6,17H,4-5,7H2,1-3H3,(H,15,16). The highest BCUT2D eigenvalue weighted by atomic mass is 16.5. The second-order valence-corrected chi connectivity index (χ2v) is 5.45. The Hall–Kier alpha value is -1.71. The molecular formula is C14H18O4. The molecule has 0 atom stereocenters. The number of carboxylic acid groups (broad SMARTS) is 1. The summed E-state index contributed by atoms with van der Waals surface area (Å²) in [5.74, 6) is 0.109. The van der Waals surface area contributed by atoms with E-state index in [0.717, 1.165) is 28.9 Å². The first-order valence-corrected chi connectivity index (χ1v) is 6.03. The number of carbonyl (C=O) groups is 1. The van der Waals surface area contributed by atoms with E-state index in [-0.39, 0.29) is 12.2 Å². The van der Waals surface area contributed by atoms with E-state index in [2.05, 4.69) is 0 Å². The van der Waals surface area contributed by atoms with Gasteiger partial charge in [-0.05, 0) is 18.6 Å². The van der Waals surface area contributed by atoms with Gasteiger partial charge in [-0.3, -0.25) is 4.79 Å². The number of benzene rings is 1. The van der Waals surface area contributed by atoms with Crippen molar-refractivity contribution < 1.29 is 19.7 Å². The number of ether oxygens (including phenoxy) is 1. The molecule has 0 saturated heterocycles. The molecule has 0 amide bonds. The van der Waals surface area contributed by atoms with Crippen molar-refractivity contribution in [1.29, 1.82) is 0 Å². The maximum Gasteiger partial charge on any atom is 0.304 e. The third kappa shape index (κ3) is 2.03. The summed E-state index contributed by atoms with van der Waals surface area (Å²) in [7, 11) is 0. The van der Waals surface area contributed by atoms with Crippen molar-refractivity contribution in [3.63, 3.8) is 0 Å². The molecule has 18 heavy (non-hydrogen) atoms. The van der Waals surface area contributed by atoms with Crippen LogP contribution in [0.25, 0.3) is 0 Å². The number of phenolic OH excluding ortho intramolecular Hbond substituents is 1. The van der Waals surface area contributed by atoms with E-state index in [9.17, 15) is 9.90 Å². The highest BCUT2D eigenvalue weighted by molar-refractivity contribution is 5.70. The Morgan fingerprint density at radius 2 is 2.17 bits per heavy atom. The number of aryl methyl sites for hydroxylation is 1. The summed E-state index contributed by atoms with van der Waals surface area (Å²) in [5.41, 5.74) is 1.78. The fourth-order valence-electron chi connectivity index (χ4n) is 2.65. The van der Waals surface area contributed by atoms with Crippen molar-refractivity contribution in [2.24, 2.45) is 0 Å². The van der Waals surface area contributed by atoms with Crippen LogP contribution in [0.2, 0.25) is 0 Å². The SMILES string of the molecule is Cc1cc2c(c(C(C)(C)CC(=O)O)c1O)CCO2. The molecule has 4 nitrogen and oxygen atoms in total. The molecule has 2 rings (SSSR count). The van der Waals surface area contributed by atoms with Gasteiger partial charge in [0.2, 0.25) is 0 Å². The normalized spacial score (nSPS) is 14.2. The van der Waals surface area contributed by atoms with Gasteiger partial charge >= 0.3 is 5.97 Å². The minimum absolute atomic E-state index is 0.0174. The lowest BCUT2D eigenvalue weighted by molar-refractivity contribution is -0.138. The zero-order chi connectivity index (χ0) is 13.5. The average molecular weight is 250 g/mol. The lowest BCUT2D eigenvalue weighted by atomic mass is 9.77. The molecule has 0 saturated carbocycles. The Morgan fingerprint density at radius 3 is 2.78 bits per heavy atom. The van der Waals surface area contributed by atoms with Gasteiger partial charge in [-0.25, -0.2) is 0 Å². The molecule has 0 unspecified atom stereocenters. The molecule has 1 aromatic carbocycles. The topological polar surface area (TPSA) is 66.8 Å². The van der Waals surface area contributed by atoms with Crippen molar-refractivity contribution in [2.45, 2.75) is 39.0 Å². The maximum absolute atomic E-state index is 11.0. The predicted octanol–water partition coefficient (Wildman–Crippen LogP) is 2.39. The summed E-state index contributed by atoms with van der Waals surface area (Å²) in [6.45, 7) is 6.08. The van der Waals surface area contributed by atoms with Crippen molar-refractivity contribution in [1.82, 2.24) is 0 Å². The van der Waals surface area contributed by atoms with Gasteiger partial charge in [-0.1, -0.05) is 13.8 Å². The number of rotatable bonds is 3. The van der Waals surface area contributed by atoms with Crippen LogP contribution < -0.4 is 4.74 Å². The molecular weight excluding hydrogens is 232 g/mol. The third-order valence-electron chi connectivity index (χ3n) is 3.44. The minimum atomic E-state index is -0.867. The van der Waals surface area contributed by atoms with Gasteiger partial charge in [-0.2, -0.15) is 0 Å². The Kier molecular flexibility index (Phi) is 2.97. The number of carboxylic acids is 1. The van der Waals surface area contributed by atoms with Gasteiger partial charge in [-0.15, -0.1) is 0 Å². The van der Waals surface area contributed by atoms with E-state index in [1.165, 1.54) is 0 Å². The van der Waals surface area contributed by atoms with Gasteiger partial charge in [0.05, 0.1) is 13.0 Å². The molecule has 1 heterocycles. The second kappa shape index (κ2) is 4.19. The molecule has 1 aromatic rings. The second-order valence-electron chi connectivity index (χ2n) is 5.45. The van der Waals surface area contributed by atoms with Crippen LogP contribution in [0.1, 0.15) is 37.0 Å². The lowest BCUT2D eigenvalue weighted by Gasteiger charge is -2.27. The summed E-state index contributed by atoms with van der Waals surface area (Å²) in [6.07, 6.45) is 0.706. The molecule has 0 aliphatic carbocycles. The van der Waals surface area contributed by atoms with Crippen molar-refractivity contribution in [2.75, 3.05) is 6.61 Å². The fourth-order valence-corrected chi connectivity index (χ4v) is 2.65. The van der Waals surface area contributed by atoms with Gasteiger partial charge in [0, 0.05) is 23.0 Å². The Bertz CT molecular complexity index is 503. The third-order valence-corrected chi connectivity index (χ3v) is 3.44. The van der Waals surface area contributed by atoms with E-state index < -0.39 is 11.4 Å². The zero-order valence-electron chi connectivity index (χ0n) is 10.9. The first-order valence-electron chi connectivity index (χ1n) is 6.03. The Labute approximate surface area is 106 Å². The average Bonchev–Trinajstić information content (AvgIpc) is 2.63. The van der Waals surface area contributed by atoms with Crippen LogP contribution in [0.3, 0.4) is 0 Å². The fraction of sp³-hybridized carbons (Fsp3) is 0.500. The number of hydrogen-bond acceptors (Lipinski definition) is 3. The number of aliphatic carboxylic acids is 1. The molecule has 0 spiro atoms. The van der Waals surface area contributed by atoms with E-state index >= 15 is 0 Å². The van der Waals surface area contributed by atoms with Gasteiger partial charge in [0.15, 0.2) is 0 Å². The van der Waals surface area contributed by atoms with Gasteiger partial charge < -0.3 is 14.9 Å². The summed E-state index contributed by atoms with van der Waals surface area (Å²) >= 11 is 0. The Balaban J connectivity index is 2.59. The first-order chi connectivity index (χ1) is 8.33. The van der Waals surface area contributed by atoms with Crippen molar-refractivity contribution >= 4 is 5.97 Å². The Morgan fingerprint density at radius 1 is 1.50 bits per heavy atom. The number of phenols is 1. The molecule has 1 aliphatic heterocycles. The van der Waals surface area contributed by atoms with Crippen LogP contribution in [0.5, 0.6) is 11.5 Å². The molecule has 1 aliphatic rings. The molecule has 0 aromatic heterocycles. The predicted molar refractivity (Wildman–Crippen MR) is 67.3 cm³/mol. The van der Waals surface area contributed by atoms with Crippen molar-refractivity contribution in [3.05, 3.63) is 22.8 Å². The first kappa shape index (κ1) is 12.7. The van der Waals surface area contributed by atoms with E-state index in [0.29, 0.717) is 6.61 Å². The summed E-state index contributed by atoms with van der Waals surface area (Å²) in [5, 5.41) is 19.3. The van der Waals surface area contributed by atoms with Gasteiger partial charge in [0.25, 0.3) is 0 Å². The largest absolute Gasteiger partial charge is 0.507 e. The van der Waals surface area contributed by atoms with Crippen LogP contribution in [0, 0.1) is 6.92 Å². The molecule has 98 valence electrons. The van der Waals surface area contributed by atoms with Crippen LogP contribution >= 0.6 is 0 Å².